The average molecular weight is 275 g/mol. The number of ether oxygens (including phenoxy) is 3. The number of rotatable bonds is 4. The molecule has 0 aliphatic carbocycles. The van der Waals surface area contributed by atoms with Gasteiger partial charge in [0.1, 0.15) is 13.2 Å². The quantitative estimate of drug-likeness (QED) is 0.483. The van der Waals surface area contributed by atoms with Crippen molar-refractivity contribution in [2.75, 3.05) is 13.2 Å². The Bertz CT molecular complexity index is 429. The van der Waals surface area contributed by atoms with E-state index in [2.05, 4.69) is 14.2 Å². The summed E-state index contributed by atoms with van der Waals surface area (Å²) in [6.45, 7) is -1.17. The summed E-state index contributed by atoms with van der Waals surface area (Å²) in [5.74, 6) is -2.53. The van der Waals surface area contributed by atoms with Crippen molar-refractivity contribution in [2.24, 2.45) is 0 Å². The zero-order valence-electron chi connectivity index (χ0n) is 7.92. The van der Waals surface area contributed by atoms with E-state index in [1.165, 1.54) is 0 Å². The minimum atomic E-state index is -6.15. The van der Waals surface area contributed by atoms with Crippen LogP contribution in [-0.4, -0.2) is 49.7 Å². The summed E-state index contributed by atoms with van der Waals surface area (Å²) in [4.78, 5) is 21.0. The first-order chi connectivity index (χ1) is 7.64. The Balaban J connectivity index is 2.53. The van der Waals surface area contributed by atoms with Gasteiger partial charge < -0.3 is 18.8 Å². The lowest BCUT2D eigenvalue weighted by Gasteiger charge is -2.18. The number of carbonyl (C=O) groups is 2. The van der Waals surface area contributed by atoms with Gasteiger partial charge in [0.2, 0.25) is 0 Å². The highest BCUT2D eigenvalue weighted by molar-refractivity contribution is 7.87. The molecule has 0 spiro atoms. The zero-order chi connectivity index (χ0) is 13.3. The van der Waals surface area contributed by atoms with E-state index in [1.54, 1.807) is 0 Å². The van der Waals surface area contributed by atoms with Gasteiger partial charge >= 0.3 is 17.4 Å². The van der Waals surface area contributed by atoms with E-state index in [-0.39, 0.29) is 6.61 Å². The normalized spacial score (nSPS) is 20.6. The number of hydrogen-bond donors (Lipinski definition) is 0. The fraction of sp³-hybridized carbons (Fsp3) is 0.667. The van der Waals surface area contributed by atoms with Crippen LogP contribution < -0.4 is 0 Å². The predicted octanol–water partition coefficient (Wildman–Crippen LogP) is -0.797. The number of cyclic esters (lactones) is 2. The second kappa shape index (κ2) is 4.41. The molecule has 11 heteroatoms. The first-order valence-corrected chi connectivity index (χ1v) is 5.39. The van der Waals surface area contributed by atoms with Gasteiger partial charge in [0.25, 0.3) is 0 Å². The van der Waals surface area contributed by atoms with Gasteiger partial charge in [0.15, 0.2) is 16.2 Å². The van der Waals surface area contributed by atoms with Gasteiger partial charge in [-0.15, -0.1) is 0 Å². The Morgan fingerprint density at radius 2 is 2.18 bits per heavy atom. The van der Waals surface area contributed by atoms with Crippen molar-refractivity contribution in [3.05, 3.63) is 0 Å². The van der Waals surface area contributed by atoms with E-state index in [9.17, 15) is 31.3 Å². The number of halogens is 2. The highest BCUT2D eigenvalue weighted by atomic mass is 32.2. The Morgan fingerprint density at radius 1 is 1.59 bits per heavy atom. The van der Waals surface area contributed by atoms with Crippen molar-refractivity contribution in [2.45, 2.75) is 11.4 Å². The van der Waals surface area contributed by atoms with Crippen molar-refractivity contribution < 1.29 is 45.6 Å². The molecular formula is C6H5F2O8S-. The summed E-state index contributed by atoms with van der Waals surface area (Å²) in [7, 11) is -6.15. The molecule has 1 unspecified atom stereocenters. The highest BCUT2D eigenvalue weighted by Crippen LogP contribution is 2.22. The maximum atomic E-state index is 12.6. The fourth-order valence-corrected chi connectivity index (χ4v) is 1.07. The van der Waals surface area contributed by atoms with Crippen LogP contribution in [0.25, 0.3) is 0 Å². The molecule has 0 radical (unpaired) electrons. The van der Waals surface area contributed by atoms with E-state index >= 15 is 0 Å². The lowest BCUT2D eigenvalue weighted by Crippen LogP contribution is -2.40. The Kier molecular flexibility index (Phi) is 3.52. The largest absolute Gasteiger partial charge is 0.743 e. The SMILES string of the molecule is O=C1OCC(COC(=O)C(F)(F)S(=O)(=O)[O-])O1. The Morgan fingerprint density at radius 3 is 2.59 bits per heavy atom. The summed E-state index contributed by atoms with van der Waals surface area (Å²) in [6, 6.07) is 0. The second-order valence-electron chi connectivity index (χ2n) is 2.87. The Hall–Kier alpha value is -1.49. The van der Waals surface area contributed by atoms with E-state index in [4.69, 9.17) is 0 Å². The lowest BCUT2D eigenvalue weighted by molar-refractivity contribution is -0.163. The van der Waals surface area contributed by atoms with Gasteiger partial charge in [-0.1, -0.05) is 0 Å². The third kappa shape index (κ3) is 3.00. The summed E-state index contributed by atoms with van der Waals surface area (Å²) >= 11 is 0. The average Bonchev–Trinajstić information content (AvgIpc) is 2.58. The molecule has 1 rings (SSSR count). The predicted molar refractivity (Wildman–Crippen MR) is 41.8 cm³/mol. The molecule has 0 saturated carbocycles. The van der Waals surface area contributed by atoms with Crippen LogP contribution in [0.1, 0.15) is 0 Å². The zero-order valence-corrected chi connectivity index (χ0v) is 8.74. The molecule has 0 amide bonds. The van der Waals surface area contributed by atoms with Crippen LogP contribution in [-0.2, 0) is 29.1 Å². The highest BCUT2D eigenvalue weighted by Gasteiger charge is 2.49. The van der Waals surface area contributed by atoms with E-state index < -0.39 is 40.2 Å². The summed E-state index contributed by atoms with van der Waals surface area (Å²) in [5.41, 5.74) is 0. The molecule has 17 heavy (non-hydrogen) atoms. The van der Waals surface area contributed by atoms with Crippen molar-refractivity contribution in [1.82, 2.24) is 0 Å². The second-order valence-corrected chi connectivity index (χ2v) is 4.29. The first-order valence-electron chi connectivity index (χ1n) is 3.98. The molecule has 0 aromatic carbocycles. The third-order valence-corrected chi connectivity index (χ3v) is 2.40. The number of esters is 1. The van der Waals surface area contributed by atoms with Crippen LogP contribution in [0.5, 0.6) is 0 Å². The molecule has 1 aliphatic rings. The van der Waals surface area contributed by atoms with Gasteiger partial charge in [0.05, 0.1) is 0 Å². The van der Waals surface area contributed by atoms with Crippen molar-refractivity contribution >= 4 is 22.2 Å². The van der Waals surface area contributed by atoms with Crippen LogP contribution >= 0.6 is 0 Å². The molecule has 0 bridgehead atoms. The summed E-state index contributed by atoms with van der Waals surface area (Å²) in [6.07, 6.45) is -2.19. The third-order valence-electron chi connectivity index (χ3n) is 1.60. The van der Waals surface area contributed by atoms with E-state index in [0.717, 1.165) is 0 Å². The lowest BCUT2D eigenvalue weighted by atomic mass is 10.4. The monoisotopic (exact) mass is 275 g/mol. The van der Waals surface area contributed by atoms with Crippen LogP contribution in [0.4, 0.5) is 13.6 Å². The van der Waals surface area contributed by atoms with Gasteiger partial charge in [-0.2, -0.15) is 8.78 Å². The van der Waals surface area contributed by atoms with Crippen molar-refractivity contribution in [3.8, 4) is 0 Å². The van der Waals surface area contributed by atoms with Gasteiger partial charge in [-0.05, 0) is 0 Å². The molecule has 1 aliphatic heterocycles. The summed E-state index contributed by atoms with van der Waals surface area (Å²) < 4.78 is 67.6. The van der Waals surface area contributed by atoms with Gasteiger partial charge in [0, 0.05) is 0 Å². The summed E-state index contributed by atoms with van der Waals surface area (Å²) in [5, 5.41) is -5.18. The van der Waals surface area contributed by atoms with Gasteiger partial charge in [-0.3, -0.25) is 0 Å². The van der Waals surface area contributed by atoms with Crippen LogP contribution in [0.2, 0.25) is 0 Å². The van der Waals surface area contributed by atoms with Crippen molar-refractivity contribution in [1.29, 1.82) is 0 Å². The van der Waals surface area contributed by atoms with E-state index in [1.807, 2.05) is 0 Å². The molecule has 1 fully saturated rings. The molecule has 0 aromatic heterocycles. The van der Waals surface area contributed by atoms with Crippen LogP contribution in [0, 0.1) is 0 Å². The molecule has 8 nitrogen and oxygen atoms in total. The number of alkyl halides is 2. The molecule has 0 aromatic rings. The molecule has 0 N–H and O–H groups in total. The minimum Gasteiger partial charge on any atom is -0.743 e. The van der Waals surface area contributed by atoms with E-state index in [0.29, 0.717) is 0 Å². The standard InChI is InChI=1S/C6H6F2O8S/c7-6(8,17(11,12)13)4(9)14-1-3-2-15-5(10)16-3/h3H,1-2H2,(H,11,12,13)/p-1. The fourth-order valence-electron chi connectivity index (χ4n) is 0.802. The Labute approximate surface area is 93.2 Å². The first kappa shape index (κ1) is 13.6. The number of hydrogen-bond acceptors (Lipinski definition) is 8. The van der Waals surface area contributed by atoms with Crippen LogP contribution in [0.3, 0.4) is 0 Å². The smallest absolute Gasteiger partial charge is 0.508 e. The molecule has 1 atom stereocenters. The molecule has 1 saturated heterocycles. The maximum absolute atomic E-state index is 12.6. The topological polar surface area (TPSA) is 119 Å². The van der Waals surface area contributed by atoms with Crippen molar-refractivity contribution in [3.63, 3.8) is 0 Å². The minimum absolute atomic E-state index is 0.332. The number of carbonyl (C=O) groups excluding carboxylic acids is 2. The molecule has 1 heterocycles. The maximum Gasteiger partial charge on any atom is 0.508 e. The van der Waals surface area contributed by atoms with Gasteiger partial charge in [-0.25, -0.2) is 18.0 Å². The molecule has 98 valence electrons. The van der Waals surface area contributed by atoms with Crippen LogP contribution in [0.15, 0.2) is 0 Å². The molecular weight excluding hydrogens is 270 g/mol.